The number of nitrogens with zero attached hydrogens (tertiary/aromatic N) is 2. The predicted molar refractivity (Wildman–Crippen MR) is 108 cm³/mol. The molecule has 2 rings (SSSR count). The van der Waals surface area contributed by atoms with Gasteiger partial charge in [-0.2, -0.15) is 0 Å². The van der Waals surface area contributed by atoms with Crippen LogP contribution in [0.5, 0.6) is 0 Å². The van der Waals surface area contributed by atoms with Gasteiger partial charge >= 0.3 is 0 Å². The molecule has 0 spiro atoms. The van der Waals surface area contributed by atoms with Gasteiger partial charge < -0.3 is 10.2 Å². The van der Waals surface area contributed by atoms with Crippen LogP contribution in [-0.4, -0.2) is 38.0 Å². The Hall–Kier alpha value is -1.15. The van der Waals surface area contributed by atoms with E-state index in [-0.39, 0.29) is 29.8 Å². The molecule has 1 aromatic carbocycles. The Morgan fingerprint density at radius 2 is 2.00 bits per heavy atom. The average molecular weight is 447 g/mol. The molecule has 23 heavy (non-hydrogen) atoms. The lowest BCUT2D eigenvalue weighted by atomic mass is 10.1. The van der Waals surface area contributed by atoms with Gasteiger partial charge in [0.15, 0.2) is 5.96 Å². The molecule has 0 atom stereocenters. The zero-order valence-corrected chi connectivity index (χ0v) is 16.6. The molecule has 0 saturated heterocycles. The maximum absolute atomic E-state index is 13.6. The summed E-state index contributed by atoms with van der Waals surface area (Å²) >= 11 is 1.77. The minimum atomic E-state index is -0.148. The molecule has 2 aromatic rings. The second kappa shape index (κ2) is 10.6. The van der Waals surface area contributed by atoms with E-state index in [2.05, 4.69) is 32.7 Å². The fourth-order valence-electron chi connectivity index (χ4n) is 2.23. The Bertz CT molecular complexity index is 602. The molecule has 0 bridgehead atoms. The number of hydrogen-bond acceptors (Lipinski definition) is 2. The first-order valence-corrected chi connectivity index (χ1v) is 8.26. The molecule has 0 aliphatic rings. The lowest BCUT2D eigenvalue weighted by Crippen LogP contribution is -2.40. The van der Waals surface area contributed by atoms with Crippen LogP contribution in [0.1, 0.15) is 10.4 Å². The molecule has 6 heteroatoms. The molecule has 0 amide bonds. The van der Waals surface area contributed by atoms with E-state index < -0.39 is 0 Å². The van der Waals surface area contributed by atoms with E-state index in [0.29, 0.717) is 13.0 Å². The van der Waals surface area contributed by atoms with Crippen LogP contribution in [0.25, 0.3) is 0 Å². The van der Waals surface area contributed by atoms with E-state index in [4.69, 9.17) is 0 Å². The molecule has 0 aliphatic carbocycles. The molecule has 0 radical (unpaired) electrons. The summed E-state index contributed by atoms with van der Waals surface area (Å²) in [6.07, 6.45) is 1.65. The molecule has 3 nitrogen and oxygen atoms in total. The van der Waals surface area contributed by atoms with Crippen molar-refractivity contribution in [1.82, 2.24) is 10.2 Å². The molecule has 0 aliphatic heterocycles. The molecule has 0 unspecified atom stereocenters. The van der Waals surface area contributed by atoms with Gasteiger partial charge in [0.05, 0.1) is 0 Å². The lowest BCUT2D eigenvalue weighted by molar-refractivity contribution is 0.486. The monoisotopic (exact) mass is 447 g/mol. The van der Waals surface area contributed by atoms with Gasteiger partial charge in [-0.15, -0.1) is 35.3 Å². The maximum Gasteiger partial charge on any atom is 0.193 e. The van der Waals surface area contributed by atoms with E-state index in [0.717, 1.165) is 24.5 Å². The fraction of sp³-hybridized carbons (Fsp3) is 0.353. The third-order valence-electron chi connectivity index (χ3n) is 3.48. The highest BCUT2D eigenvalue weighted by molar-refractivity contribution is 14.0. The summed E-state index contributed by atoms with van der Waals surface area (Å²) < 4.78 is 13.6. The number of benzene rings is 1. The van der Waals surface area contributed by atoms with Crippen molar-refractivity contribution < 1.29 is 4.39 Å². The molecule has 1 heterocycles. The number of halogens is 2. The Balaban J connectivity index is 0.00000264. The predicted octanol–water partition coefficient (Wildman–Crippen LogP) is 3.80. The Kier molecular flexibility index (Phi) is 9.16. The van der Waals surface area contributed by atoms with Crippen molar-refractivity contribution in [2.45, 2.75) is 12.8 Å². The van der Waals surface area contributed by atoms with Gasteiger partial charge in [0.1, 0.15) is 5.82 Å². The van der Waals surface area contributed by atoms with Gasteiger partial charge in [0, 0.05) is 32.1 Å². The van der Waals surface area contributed by atoms with Crippen LogP contribution in [0, 0.1) is 5.82 Å². The van der Waals surface area contributed by atoms with Crippen LogP contribution in [0.15, 0.2) is 46.8 Å². The highest BCUT2D eigenvalue weighted by atomic mass is 127. The van der Waals surface area contributed by atoms with Gasteiger partial charge in [-0.25, -0.2) is 4.39 Å². The average Bonchev–Trinajstić information content (AvgIpc) is 3.04. The Morgan fingerprint density at radius 1 is 1.22 bits per heavy atom. The van der Waals surface area contributed by atoms with Crippen molar-refractivity contribution in [3.63, 3.8) is 0 Å². The topological polar surface area (TPSA) is 27.6 Å². The number of rotatable bonds is 6. The number of guanidine groups is 1. The molecule has 0 saturated carbocycles. The van der Waals surface area contributed by atoms with Crippen molar-refractivity contribution in [2.24, 2.45) is 4.99 Å². The third kappa shape index (κ3) is 6.47. The summed E-state index contributed by atoms with van der Waals surface area (Å²) in [5.74, 6) is 0.693. The summed E-state index contributed by atoms with van der Waals surface area (Å²) in [5.41, 5.74) is 0.728. The van der Waals surface area contributed by atoms with E-state index in [9.17, 15) is 4.39 Å². The van der Waals surface area contributed by atoms with E-state index in [1.165, 1.54) is 10.9 Å². The molecule has 0 fully saturated rings. The van der Waals surface area contributed by atoms with Gasteiger partial charge in [-0.05, 0) is 35.9 Å². The van der Waals surface area contributed by atoms with Crippen LogP contribution in [0.4, 0.5) is 4.39 Å². The largest absolute Gasteiger partial charge is 0.356 e. The van der Waals surface area contributed by atoms with Gasteiger partial charge in [0.2, 0.25) is 0 Å². The van der Waals surface area contributed by atoms with Crippen LogP contribution < -0.4 is 5.32 Å². The smallest absolute Gasteiger partial charge is 0.193 e. The number of aliphatic imine (C=N–C) groups is 1. The Labute approximate surface area is 158 Å². The maximum atomic E-state index is 13.6. The standard InChI is InChI=1S/C17H22FN3S.HI/c1-19-17(21(2)12-10-15-7-5-13-22-15)20-11-9-14-6-3-4-8-16(14)18;/h3-8,13H,9-12H2,1-2H3,(H,19,20);1H. The second-order valence-electron chi connectivity index (χ2n) is 5.07. The number of nitrogens with one attached hydrogen (secondary N) is 1. The molecular formula is C17H23FIN3S. The minimum Gasteiger partial charge on any atom is -0.356 e. The number of hydrogen-bond donors (Lipinski definition) is 1. The minimum absolute atomic E-state index is 0. The molecule has 1 aromatic heterocycles. The number of likely N-dealkylation sites (N-methyl/N-ethyl adjacent to an activating group) is 1. The van der Waals surface area contributed by atoms with Gasteiger partial charge in [-0.1, -0.05) is 24.3 Å². The zero-order chi connectivity index (χ0) is 15.8. The SMILES string of the molecule is CN=C(NCCc1ccccc1F)N(C)CCc1cccs1.I. The van der Waals surface area contributed by atoms with Crippen molar-refractivity contribution >= 4 is 41.3 Å². The fourth-order valence-corrected chi connectivity index (χ4v) is 2.93. The quantitative estimate of drug-likeness (QED) is 0.415. The third-order valence-corrected chi connectivity index (χ3v) is 4.42. The summed E-state index contributed by atoms with van der Waals surface area (Å²) in [5, 5.41) is 5.38. The van der Waals surface area contributed by atoms with E-state index >= 15 is 0 Å². The van der Waals surface area contributed by atoms with Crippen molar-refractivity contribution in [2.75, 3.05) is 27.2 Å². The zero-order valence-electron chi connectivity index (χ0n) is 13.5. The normalized spacial score (nSPS) is 11.0. The summed E-state index contributed by atoms with van der Waals surface area (Å²) in [4.78, 5) is 7.75. The van der Waals surface area contributed by atoms with Crippen LogP contribution >= 0.6 is 35.3 Å². The van der Waals surface area contributed by atoms with E-state index in [1.54, 1.807) is 24.5 Å². The highest BCUT2D eigenvalue weighted by Gasteiger charge is 2.07. The van der Waals surface area contributed by atoms with Crippen molar-refractivity contribution in [3.05, 3.63) is 58.0 Å². The Morgan fingerprint density at radius 3 is 2.65 bits per heavy atom. The van der Waals surface area contributed by atoms with Gasteiger partial charge in [0.25, 0.3) is 0 Å². The first kappa shape index (κ1) is 19.9. The first-order valence-electron chi connectivity index (χ1n) is 7.38. The summed E-state index contributed by atoms with van der Waals surface area (Å²) in [6, 6.07) is 11.1. The van der Waals surface area contributed by atoms with Crippen molar-refractivity contribution in [3.8, 4) is 0 Å². The second-order valence-corrected chi connectivity index (χ2v) is 6.10. The summed E-state index contributed by atoms with van der Waals surface area (Å²) in [7, 11) is 3.79. The molecule has 1 N–H and O–H groups in total. The first-order chi connectivity index (χ1) is 10.7. The molecular weight excluding hydrogens is 424 g/mol. The lowest BCUT2D eigenvalue weighted by Gasteiger charge is -2.21. The summed E-state index contributed by atoms with van der Waals surface area (Å²) in [6.45, 7) is 1.57. The van der Waals surface area contributed by atoms with Crippen LogP contribution in [0.3, 0.4) is 0 Å². The highest BCUT2D eigenvalue weighted by Crippen LogP contribution is 2.09. The number of thiophene rings is 1. The van der Waals surface area contributed by atoms with Crippen LogP contribution in [0.2, 0.25) is 0 Å². The van der Waals surface area contributed by atoms with E-state index in [1.807, 2.05) is 19.2 Å². The van der Waals surface area contributed by atoms with Crippen LogP contribution in [-0.2, 0) is 12.8 Å². The van der Waals surface area contributed by atoms with Gasteiger partial charge in [-0.3, -0.25) is 4.99 Å². The molecule has 126 valence electrons. The van der Waals surface area contributed by atoms with Crippen molar-refractivity contribution in [1.29, 1.82) is 0 Å².